The largest absolute Gasteiger partial charge is 0.466 e. The van der Waals surface area contributed by atoms with E-state index in [-0.39, 0.29) is 18.4 Å². The van der Waals surface area contributed by atoms with Gasteiger partial charge in [-0.3, -0.25) is 9.59 Å². The Morgan fingerprint density at radius 2 is 1.50 bits per heavy atom. The van der Waals surface area contributed by atoms with Crippen molar-refractivity contribution >= 4 is 24.6 Å². The summed E-state index contributed by atoms with van der Waals surface area (Å²) in [5.74, 6) is -0.0279. The highest BCUT2D eigenvalue weighted by Crippen LogP contribution is 1.95. The van der Waals surface area contributed by atoms with E-state index in [9.17, 15) is 9.59 Å². The van der Waals surface area contributed by atoms with Crippen molar-refractivity contribution in [3.8, 4) is 0 Å². The molecule has 0 aromatic rings. The van der Waals surface area contributed by atoms with Gasteiger partial charge >= 0.3 is 11.9 Å². The first-order valence-electron chi connectivity index (χ1n) is 5.33. The average molecular weight is 249 g/mol. The lowest BCUT2D eigenvalue weighted by molar-refractivity contribution is -0.145. The number of esters is 2. The SMILES string of the molecule is NCCC(=O)OCCCCOC(=O)CCS. The number of nitrogens with two attached hydrogens (primary N) is 1. The third-order valence-corrected chi connectivity index (χ3v) is 1.95. The van der Waals surface area contributed by atoms with E-state index in [1.807, 2.05) is 0 Å². The van der Waals surface area contributed by atoms with Crippen LogP contribution in [0.25, 0.3) is 0 Å². The number of hydrogen-bond acceptors (Lipinski definition) is 6. The quantitative estimate of drug-likeness (QED) is 0.354. The number of carbonyl (C=O) groups excluding carboxylic acids is 2. The zero-order chi connectivity index (χ0) is 12.2. The van der Waals surface area contributed by atoms with Gasteiger partial charge in [-0.25, -0.2) is 0 Å². The Morgan fingerprint density at radius 3 is 1.94 bits per heavy atom. The van der Waals surface area contributed by atoms with Gasteiger partial charge in [0, 0.05) is 12.3 Å². The Kier molecular flexibility index (Phi) is 10.3. The summed E-state index contributed by atoms with van der Waals surface area (Å²) >= 11 is 3.91. The monoisotopic (exact) mass is 249 g/mol. The Balaban J connectivity index is 3.21. The summed E-state index contributed by atoms with van der Waals surface area (Å²) in [6.45, 7) is 1.02. The van der Waals surface area contributed by atoms with Crippen LogP contribution in [0.3, 0.4) is 0 Å². The molecule has 0 amide bonds. The van der Waals surface area contributed by atoms with Crippen LogP contribution in [0.2, 0.25) is 0 Å². The molecule has 0 saturated carbocycles. The first-order chi connectivity index (χ1) is 7.70. The van der Waals surface area contributed by atoms with Crippen LogP contribution in [-0.4, -0.2) is 37.4 Å². The van der Waals surface area contributed by atoms with Crippen molar-refractivity contribution in [1.82, 2.24) is 0 Å². The zero-order valence-corrected chi connectivity index (χ0v) is 10.2. The van der Waals surface area contributed by atoms with Crippen LogP contribution in [-0.2, 0) is 19.1 Å². The van der Waals surface area contributed by atoms with Crippen LogP contribution in [0.1, 0.15) is 25.7 Å². The maximum atomic E-state index is 10.9. The molecule has 0 aromatic heterocycles. The van der Waals surface area contributed by atoms with E-state index in [1.54, 1.807) is 0 Å². The predicted molar refractivity (Wildman–Crippen MR) is 63.3 cm³/mol. The van der Waals surface area contributed by atoms with Gasteiger partial charge in [-0.15, -0.1) is 0 Å². The summed E-state index contributed by atoms with van der Waals surface area (Å²) in [5.41, 5.74) is 5.18. The van der Waals surface area contributed by atoms with Gasteiger partial charge in [-0.05, 0) is 12.8 Å². The minimum atomic E-state index is -0.283. The molecule has 5 nitrogen and oxygen atoms in total. The first kappa shape index (κ1) is 15.2. The number of ether oxygens (including phenoxy) is 2. The summed E-state index contributed by atoms with van der Waals surface area (Å²) in [6, 6.07) is 0. The maximum absolute atomic E-state index is 10.9. The second-order valence-corrected chi connectivity index (χ2v) is 3.61. The number of carbonyl (C=O) groups is 2. The molecule has 0 rings (SSSR count). The van der Waals surface area contributed by atoms with E-state index in [1.165, 1.54) is 0 Å². The highest BCUT2D eigenvalue weighted by molar-refractivity contribution is 7.80. The lowest BCUT2D eigenvalue weighted by Crippen LogP contribution is -2.12. The fourth-order valence-corrected chi connectivity index (χ4v) is 1.11. The van der Waals surface area contributed by atoms with Gasteiger partial charge in [0.15, 0.2) is 0 Å². The molecule has 0 aliphatic rings. The molecule has 94 valence electrons. The highest BCUT2D eigenvalue weighted by atomic mass is 32.1. The summed E-state index contributed by atoms with van der Waals surface area (Å²) in [5, 5.41) is 0. The van der Waals surface area contributed by atoms with E-state index >= 15 is 0 Å². The molecule has 0 fully saturated rings. The average Bonchev–Trinajstić information content (AvgIpc) is 2.24. The van der Waals surface area contributed by atoms with Crippen LogP contribution in [0.4, 0.5) is 0 Å². The predicted octanol–water partition coefficient (Wildman–Crippen LogP) is 0.522. The molecule has 0 aliphatic carbocycles. The van der Waals surface area contributed by atoms with Gasteiger partial charge in [-0.2, -0.15) is 12.6 Å². The van der Waals surface area contributed by atoms with Crippen LogP contribution in [0.5, 0.6) is 0 Å². The smallest absolute Gasteiger partial charge is 0.307 e. The van der Waals surface area contributed by atoms with Crippen molar-refractivity contribution in [2.24, 2.45) is 5.73 Å². The number of thiol groups is 1. The molecule has 6 heteroatoms. The van der Waals surface area contributed by atoms with Gasteiger partial charge in [0.25, 0.3) is 0 Å². The zero-order valence-electron chi connectivity index (χ0n) is 9.31. The van der Waals surface area contributed by atoms with Crippen LogP contribution in [0.15, 0.2) is 0 Å². The van der Waals surface area contributed by atoms with Crippen molar-refractivity contribution < 1.29 is 19.1 Å². The molecule has 2 N–H and O–H groups in total. The Bertz CT molecular complexity index is 189. The first-order valence-corrected chi connectivity index (χ1v) is 5.96. The molecular weight excluding hydrogens is 230 g/mol. The van der Waals surface area contributed by atoms with E-state index in [2.05, 4.69) is 12.6 Å². The number of rotatable bonds is 9. The molecule has 16 heavy (non-hydrogen) atoms. The molecule has 0 unspecified atom stereocenters. The molecule has 0 saturated heterocycles. The maximum Gasteiger partial charge on any atom is 0.307 e. The van der Waals surface area contributed by atoms with Gasteiger partial charge in [0.1, 0.15) is 0 Å². The molecular formula is C10H19NO4S. The van der Waals surface area contributed by atoms with Crippen LogP contribution < -0.4 is 5.73 Å². The topological polar surface area (TPSA) is 78.6 Å². The van der Waals surface area contributed by atoms with Gasteiger partial charge in [-0.1, -0.05) is 0 Å². The normalized spacial score (nSPS) is 9.88. The van der Waals surface area contributed by atoms with Crippen molar-refractivity contribution in [3.05, 3.63) is 0 Å². The van der Waals surface area contributed by atoms with E-state index < -0.39 is 0 Å². The number of hydrogen-bond donors (Lipinski definition) is 2. The van der Waals surface area contributed by atoms with Crippen molar-refractivity contribution in [3.63, 3.8) is 0 Å². The second kappa shape index (κ2) is 10.8. The van der Waals surface area contributed by atoms with Crippen molar-refractivity contribution in [2.75, 3.05) is 25.5 Å². The lowest BCUT2D eigenvalue weighted by atomic mass is 10.3. The van der Waals surface area contributed by atoms with Crippen molar-refractivity contribution in [1.29, 1.82) is 0 Å². The molecule has 0 aliphatic heterocycles. The fourth-order valence-electron chi connectivity index (χ4n) is 0.930. The minimum absolute atomic E-state index is 0.241. The molecule has 0 heterocycles. The molecule has 0 bridgehead atoms. The molecule has 0 aromatic carbocycles. The van der Waals surface area contributed by atoms with Gasteiger partial charge in [0.05, 0.1) is 26.1 Å². The van der Waals surface area contributed by atoms with Gasteiger partial charge < -0.3 is 15.2 Å². The third kappa shape index (κ3) is 9.79. The van der Waals surface area contributed by atoms with Crippen LogP contribution in [0, 0.1) is 0 Å². The summed E-state index contributed by atoms with van der Waals surface area (Å²) < 4.78 is 9.75. The Morgan fingerprint density at radius 1 is 1.00 bits per heavy atom. The Hall–Kier alpha value is -0.750. The fraction of sp³-hybridized carbons (Fsp3) is 0.800. The summed E-state index contributed by atoms with van der Waals surface area (Å²) in [4.78, 5) is 21.8. The summed E-state index contributed by atoms with van der Waals surface area (Å²) in [7, 11) is 0. The molecule has 0 radical (unpaired) electrons. The highest BCUT2D eigenvalue weighted by Gasteiger charge is 2.02. The van der Waals surface area contributed by atoms with Crippen molar-refractivity contribution in [2.45, 2.75) is 25.7 Å². The second-order valence-electron chi connectivity index (χ2n) is 3.16. The van der Waals surface area contributed by atoms with Crippen LogP contribution >= 0.6 is 12.6 Å². The third-order valence-electron chi connectivity index (χ3n) is 1.73. The number of unbranched alkanes of at least 4 members (excludes halogenated alkanes) is 1. The van der Waals surface area contributed by atoms with Gasteiger partial charge in [0.2, 0.25) is 0 Å². The summed E-state index contributed by atoms with van der Waals surface area (Å²) in [6.07, 6.45) is 1.95. The Labute approximate surface area is 101 Å². The minimum Gasteiger partial charge on any atom is -0.466 e. The standard InChI is InChI=1S/C10H19NO4S/c11-5-3-9(12)14-6-1-2-7-15-10(13)4-8-16/h16H,1-8,11H2. The molecule has 0 atom stereocenters. The lowest BCUT2D eigenvalue weighted by Gasteiger charge is -2.05. The van der Waals surface area contributed by atoms with E-state index in [0.29, 0.717) is 44.8 Å². The van der Waals surface area contributed by atoms with E-state index in [4.69, 9.17) is 15.2 Å². The molecule has 0 spiro atoms. The van der Waals surface area contributed by atoms with E-state index in [0.717, 1.165) is 0 Å².